The number of piperidine rings is 1. The molecule has 0 aliphatic carbocycles. The van der Waals surface area contributed by atoms with E-state index in [0.717, 1.165) is 30.0 Å². The van der Waals surface area contributed by atoms with Crippen molar-refractivity contribution in [3.05, 3.63) is 46.4 Å². The maximum atomic E-state index is 12.8. The van der Waals surface area contributed by atoms with Crippen LogP contribution in [0.3, 0.4) is 0 Å². The van der Waals surface area contributed by atoms with Crippen LogP contribution < -0.4 is 4.74 Å². The monoisotopic (exact) mass is 372 g/mol. The second-order valence-corrected chi connectivity index (χ2v) is 7.49. The minimum absolute atomic E-state index is 0.0323. The molecular weight excluding hydrogens is 356 g/mol. The highest BCUT2D eigenvalue weighted by atomic mass is 32.1. The second kappa shape index (κ2) is 7.28. The zero-order valence-electron chi connectivity index (χ0n) is 13.4. The molecule has 0 bridgehead atoms. The Kier molecular flexibility index (Phi) is 4.71. The summed E-state index contributed by atoms with van der Waals surface area (Å²) in [6, 6.07) is 6.10. The van der Waals surface area contributed by atoms with Crippen LogP contribution in [0.1, 0.15) is 22.6 Å². The van der Waals surface area contributed by atoms with Gasteiger partial charge in [0.1, 0.15) is 6.10 Å². The Morgan fingerprint density at radius 3 is 2.92 bits per heavy atom. The highest BCUT2D eigenvalue weighted by Crippen LogP contribution is 2.27. The Labute approximate surface area is 153 Å². The number of ether oxygens (including phenoxy) is 1. The maximum Gasteiger partial charge on any atom is 0.316 e. The van der Waals surface area contributed by atoms with Crippen molar-refractivity contribution in [1.29, 1.82) is 0 Å². The van der Waals surface area contributed by atoms with Crippen molar-refractivity contribution in [2.45, 2.75) is 18.9 Å². The first-order valence-corrected chi connectivity index (χ1v) is 9.78. The van der Waals surface area contributed by atoms with E-state index in [0.29, 0.717) is 17.6 Å². The molecule has 0 spiro atoms. The van der Waals surface area contributed by atoms with E-state index < -0.39 is 0 Å². The Hall–Kier alpha value is -2.32. The lowest BCUT2D eigenvalue weighted by Crippen LogP contribution is -2.44. The van der Waals surface area contributed by atoms with E-state index >= 15 is 0 Å². The van der Waals surface area contributed by atoms with Gasteiger partial charge in [-0.1, -0.05) is 6.07 Å². The summed E-state index contributed by atoms with van der Waals surface area (Å²) >= 11 is 3.02. The Balaban J connectivity index is 1.43. The smallest absolute Gasteiger partial charge is 0.316 e. The third kappa shape index (κ3) is 3.69. The zero-order chi connectivity index (χ0) is 17.1. The summed E-state index contributed by atoms with van der Waals surface area (Å²) in [4.78, 5) is 28.3. The van der Waals surface area contributed by atoms with Crippen molar-refractivity contribution in [3.8, 4) is 16.6 Å². The van der Waals surface area contributed by atoms with Crippen molar-refractivity contribution in [3.63, 3.8) is 0 Å². The second-order valence-electron chi connectivity index (χ2n) is 5.68. The summed E-state index contributed by atoms with van der Waals surface area (Å²) in [6.45, 7) is 1.26. The van der Waals surface area contributed by atoms with E-state index in [9.17, 15) is 4.79 Å². The Morgan fingerprint density at radius 2 is 2.12 bits per heavy atom. The fourth-order valence-corrected chi connectivity index (χ4v) is 4.30. The van der Waals surface area contributed by atoms with Gasteiger partial charge < -0.3 is 9.64 Å². The first-order chi connectivity index (χ1) is 12.3. The number of amides is 1. The van der Waals surface area contributed by atoms with E-state index in [2.05, 4.69) is 15.0 Å². The van der Waals surface area contributed by atoms with Gasteiger partial charge in [0.25, 0.3) is 5.91 Å². The summed E-state index contributed by atoms with van der Waals surface area (Å²) in [6.07, 6.45) is 5.00. The molecule has 4 heterocycles. The largest absolute Gasteiger partial charge is 0.458 e. The number of aromatic nitrogens is 3. The molecule has 0 saturated carbocycles. The van der Waals surface area contributed by atoms with Gasteiger partial charge in [0.15, 0.2) is 5.01 Å². The average Bonchev–Trinajstić information content (AvgIpc) is 3.34. The van der Waals surface area contributed by atoms with Crippen LogP contribution in [0.25, 0.3) is 10.6 Å². The van der Waals surface area contributed by atoms with Crippen LogP contribution in [0.15, 0.2) is 41.4 Å². The number of hydrogen-bond donors (Lipinski definition) is 0. The summed E-state index contributed by atoms with van der Waals surface area (Å²) in [5.74, 6) is -0.0323. The topological polar surface area (TPSA) is 68.2 Å². The lowest BCUT2D eigenvalue weighted by molar-refractivity contribution is 0.0515. The number of hydrogen-bond acceptors (Lipinski definition) is 7. The van der Waals surface area contributed by atoms with E-state index in [1.807, 2.05) is 27.8 Å². The molecule has 1 unspecified atom stereocenters. The molecule has 128 valence electrons. The van der Waals surface area contributed by atoms with Gasteiger partial charge >= 0.3 is 6.01 Å². The van der Waals surface area contributed by atoms with E-state index in [4.69, 9.17) is 4.74 Å². The van der Waals surface area contributed by atoms with Crippen LogP contribution >= 0.6 is 22.7 Å². The van der Waals surface area contributed by atoms with Crippen LogP contribution in [-0.4, -0.2) is 45.0 Å². The molecule has 1 aliphatic rings. The Morgan fingerprint density at radius 1 is 1.24 bits per heavy atom. The molecule has 1 fully saturated rings. The fraction of sp³-hybridized carbons (Fsp3) is 0.294. The van der Waals surface area contributed by atoms with Gasteiger partial charge in [0.2, 0.25) is 0 Å². The molecular formula is C17H16N4O2S2. The van der Waals surface area contributed by atoms with Gasteiger partial charge in [-0.15, -0.1) is 22.7 Å². The van der Waals surface area contributed by atoms with Crippen molar-refractivity contribution in [1.82, 2.24) is 19.9 Å². The molecule has 8 heteroatoms. The number of nitrogens with zero attached hydrogens (tertiary/aromatic N) is 4. The predicted molar refractivity (Wildman–Crippen MR) is 97.0 cm³/mol. The number of rotatable bonds is 4. The first-order valence-electron chi connectivity index (χ1n) is 8.02. The van der Waals surface area contributed by atoms with Gasteiger partial charge in [-0.25, -0.2) is 15.0 Å². The lowest BCUT2D eigenvalue weighted by Gasteiger charge is -2.31. The van der Waals surface area contributed by atoms with Crippen molar-refractivity contribution >= 4 is 28.6 Å². The van der Waals surface area contributed by atoms with Gasteiger partial charge in [0, 0.05) is 24.3 Å². The molecule has 6 nitrogen and oxygen atoms in total. The third-order valence-electron chi connectivity index (χ3n) is 3.94. The van der Waals surface area contributed by atoms with Crippen molar-refractivity contribution in [2.24, 2.45) is 0 Å². The minimum Gasteiger partial charge on any atom is -0.458 e. The lowest BCUT2D eigenvalue weighted by atomic mass is 10.1. The van der Waals surface area contributed by atoms with Crippen molar-refractivity contribution < 1.29 is 9.53 Å². The normalized spacial score (nSPS) is 17.4. The van der Waals surface area contributed by atoms with Crippen LogP contribution in [0.5, 0.6) is 6.01 Å². The highest BCUT2D eigenvalue weighted by molar-refractivity contribution is 7.15. The number of thiazole rings is 1. The molecule has 4 rings (SSSR count). The van der Waals surface area contributed by atoms with Crippen LogP contribution in [0, 0.1) is 0 Å². The molecule has 3 aromatic heterocycles. The van der Waals surface area contributed by atoms with Gasteiger partial charge in [-0.05, 0) is 30.4 Å². The molecule has 1 atom stereocenters. The summed E-state index contributed by atoms with van der Waals surface area (Å²) < 4.78 is 5.80. The molecule has 0 radical (unpaired) electrons. The van der Waals surface area contributed by atoms with Crippen LogP contribution in [0.4, 0.5) is 0 Å². The summed E-state index contributed by atoms with van der Waals surface area (Å²) in [5.41, 5.74) is 0.867. The molecule has 0 N–H and O–H groups in total. The van der Waals surface area contributed by atoms with Crippen LogP contribution in [-0.2, 0) is 0 Å². The van der Waals surface area contributed by atoms with E-state index in [-0.39, 0.29) is 12.0 Å². The molecule has 25 heavy (non-hydrogen) atoms. The summed E-state index contributed by atoms with van der Waals surface area (Å²) in [7, 11) is 0. The average molecular weight is 372 g/mol. The van der Waals surface area contributed by atoms with Gasteiger partial charge in [-0.2, -0.15) is 0 Å². The molecule has 0 aromatic carbocycles. The minimum atomic E-state index is -0.0863. The quantitative estimate of drug-likeness (QED) is 0.702. The van der Waals surface area contributed by atoms with E-state index in [1.54, 1.807) is 29.8 Å². The fourth-order valence-electron chi connectivity index (χ4n) is 2.76. The SMILES string of the molecule is O=C(c1nc(-c2cccs2)cs1)N1CCCC(Oc2ncccn2)C1. The molecule has 1 saturated heterocycles. The van der Waals surface area contributed by atoms with Crippen molar-refractivity contribution in [2.75, 3.05) is 13.1 Å². The first kappa shape index (κ1) is 16.2. The standard InChI is InChI=1S/C17H16N4O2S2/c22-16(15-20-13(11-25-15)14-5-2-9-24-14)21-8-1-4-12(10-21)23-17-18-6-3-7-19-17/h2-3,5-7,9,11-12H,1,4,8,10H2. The van der Waals surface area contributed by atoms with Gasteiger partial charge in [0.05, 0.1) is 17.1 Å². The summed E-state index contributed by atoms with van der Waals surface area (Å²) in [5, 5.41) is 4.48. The highest BCUT2D eigenvalue weighted by Gasteiger charge is 2.27. The Bertz CT molecular complexity index is 835. The van der Waals surface area contributed by atoms with Gasteiger partial charge in [-0.3, -0.25) is 4.79 Å². The zero-order valence-corrected chi connectivity index (χ0v) is 15.0. The maximum absolute atomic E-state index is 12.8. The molecule has 1 amide bonds. The number of carbonyl (C=O) groups excluding carboxylic acids is 1. The molecule has 1 aliphatic heterocycles. The number of carbonyl (C=O) groups is 1. The number of thiophene rings is 1. The molecule has 3 aromatic rings. The van der Waals surface area contributed by atoms with E-state index in [1.165, 1.54) is 11.3 Å². The predicted octanol–water partition coefficient (Wildman–Crippen LogP) is 3.35. The number of likely N-dealkylation sites (tertiary alicyclic amines) is 1. The third-order valence-corrected chi connectivity index (χ3v) is 5.66. The van der Waals surface area contributed by atoms with Crippen LogP contribution in [0.2, 0.25) is 0 Å².